The maximum Gasteiger partial charge on any atom is 0.255 e. The highest BCUT2D eigenvalue weighted by Gasteiger charge is 2.22. The number of hydrogen-bond acceptors (Lipinski definition) is 2. The second kappa shape index (κ2) is 6.52. The third kappa shape index (κ3) is 4.05. The zero-order chi connectivity index (χ0) is 20.0. The molecule has 0 spiro atoms. The topological polar surface area (TPSA) is 46.4 Å². The van der Waals surface area contributed by atoms with Crippen LogP contribution in [0, 0.1) is 6.92 Å². The van der Waals surface area contributed by atoms with Crippen molar-refractivity contribution in [2.24, 2.45) is 0 Å². The van der Waals surface area contributed by atoms with Crippen LogP contribution < -0.4 is 5.32 Å². The molecule has 0 saturated heterocycles. The molecule has 0 aliphatic rings. The number of imidazole rings is 1. The van der Waals surface area contributed by atoms with E-state index in [1.54, 1.807) is 0 Å². The fraction of sp³-hybridized carbons (Fsp3) is 0.391. The lowest BCUT2D eigenvalue weighted by atomic mass is 9.79. The van der Waals surface area contributed by atoms with E-state index < -0.39 is 0 Å². The summed E-state index contributed by atoms with van der Waals surface area (Å²) >= 11 is 0. The summed E-state index contributed by atoms with van der Waals surface area (Å²) in [4.78, 5) is 17.6. The normalized spacial score (nSPS) is 12.4. The number of aryl methyl sites for hydroxylation is 1. The van der Waals surface area contributed by atoms with Crippen LogP contribution >= 0.6 is 0 Å². The van der Waals surface area contributed by atoms with Crippen LogP contribution in [0.1, 0.15) is 68.7 Å². The highest BCUT2D eigenvalue weighted by Crippen LogP contribution is 2.30. The van der Waals surface area contributed by atoms with Gasteiger partial charge in [0.15, 0.2) is 5.65 Å². The van der Waals surface area contributed by atoms with E-state index in [-0.39, 0.29) is 16.7 Å². The summed E-state index contributed by atoms with van der Waals surface area (Å²) in [6.45, 7) is 15.0. The number of benzene rings is 1. The number of anilines is 1. The second-order valence-corrected chi connectivity index (χ2v) is 9.29. The number of amides is 1. The minimum Gasteiger partial charge on any atom is -0.319 e. The van der Waals surface area contributed by atoms with Crippen LogP contribution in [0.5, 0.6) is 0 Å². The zero-order valence-electron chi connectivity index (χ0n) is 17.3. The predicted molar refractivity (Wildman–Crippen MR) is 112 cm³/mol. The molecule has 0 aliphatic carbocycles. The average molecular weight is 364 g/mol. The number of hydrogen-bond donors (Lipinski definition) is 1. The number of pyridine rings is 1. The summed E-state index contributed by atoms with van der Waals surface area (Å²) in [5, 5.41) is 3.05. The molecule has 1 amide bonds. The van der Waals surface area contributed by atoms with E-state index in [0.717, 1.165) is 22.5 Å². The van der Waals surface area contributed by atoms with E-state index in [1.807, 2.05) is 48.0 Å². The maximum atomic E-state index is 13.1. The van der Waals surface area contributed by atoms with Gasteiger partial charge in [0, 0.05) is 18.0 Å². The molecule has 2 aromatic heterocycles. The fourth-order valence-electron chi connectivity index (χ4n) is 3.05. The molecule has 3 aromatic rings. The lowest BCUT2D eigenvalue weighted by Crippen LogP contribution is -2.20. The molecular weight excluding hydrogens is 334 g/mol. The number of fused-ring (bicyclic) bond motifs is 1. The van der Waals surface area contributed by atoms with Crippen LogP contribution in [0.4, 0.5) is 5.69 Å². The quantitative estimate of drug-likeness (QED) is 0.654. The summed E-state index contributed by atoms with van der Waals surface area (Å²) in [5.41, 5.74) is 5.33. The molecule has 2 heterocycles. The number of carbonyl (C=O) groups is 1. The van der Waals surface area contributed by atoms with Crippen LogP contribution in [-0.2, 0) is 10.8 Å². The number of aromatic nitrogens is 2. The molecule has 3 rings (SSSR count). The Morgan fingerprint density at radius 3 is 2.15 bits per heavy atom. The van der Waals surface area contributed by atoms with E-state index in [4.69, 9.17) is 0 Å². The van der Waals surface area contributed by atoms with Crippen LogP contribution in [0.25, 0.3) is 5.65 Å². The Kier molecular flexibility index (Phi) is 4.62. The molecule has 0 radical (unpaired) electrons. The highest BCUT2D eigenvalue weighted by atomic mass is 16.1. The first-order valence-corrected chi connectivity index (χ1v) is 9.37. The maximum absolute atomic E-state index is 13.1. The Morgan fingerprint density at radius 2 is 1.59 bits per heavy atom. The first-order chi connectivity index (χ1) is 12.4. The molecule has 4 nitrogen and oxygen atoms in total. The molecular formula is C23H29N3O. The van der Waals surface area contributed by atoms with Gasteiger partial charge in [-0.05, 0) is 53.1 Å². The number of rotatable bonds is 2. The van der Waals surface area contributed by atoms with E-state index in [2.05, 4.69) is 57.9 Å². The van der Waals surface area contributed by atoms with E-state index in [9.17, 15) is 4.79 Å². The molecule has 0 bridgehead atoms. The van der Waals surface area contributed by atoms with Gasteiger partial charge in [-0.2, -0.15) is 0 Å². The Labute approximate surface area is 161 Å². The first-order valence-electron chi connectivity index (χ1n) is 9.37. The molecule has 4 heteroatoms. The lowest BCUT2D eigenvalue weighted by Gasteiger charge is -2.26. The van der Waals surface area contributed by atoms with Crippen molar-refractivity contribution in [1.82, 2.24) is 9.38 Å². The summed E-state index contributed by atoms with van der Waals surface area (Å²) in [6.07, 6.45) is 3.88. The molecule has 0 unspecified atom stereocenters. The highest BCUT2D eigenvalue weighted by molar-refractivity contribution is 6.06. The molecule has 0 aliphatic heterocycles. The van der Waals surface area contributed by atoms with Crippen LogP contribution in [-0.4, -0.2) is 15.3 Å². The van der Waals surface area contributed by atoms with Crippen molar-refractivity contribution < 1.29 is 4.79 Å². The summed E-state index contributed by atoms with van der Waals surface area (Å²) in [5.74, 6) is -0.111. The van der Waals surface area contributed by atoms with Crippen molar-refractivity contribution in [3.63, 3.8) is 0 Å². The van der Waals surface area contributed by atoms with Crippen molar-refractivity contribution in [1.29, 1.82) is 0 Å². The van der Waals surface area contributed by atoms with Gasteiger partial charge in [-0.25, -0.2) is 4.98 Å². The van der Waals surface area contributed by atoms with E-state index >= 15 is 0 Å². The number of carbonyl (C=O) groups excluding carboxylic acids is 1. The SMILES string of the molecule is Cc1cn2cccc(NC(=O)c3cc(C(C)(C)C)cc(C(C)(C)C)c3)c2n1. The van der Waals surface area contributed by atoms with Crippen LogP contribution in [0.2, 0.25) is 0 Å². The molecule has 1 aromatic carbocycles. The minimum atomic E-state index is -0.111. The Balaban J connectivity index is 2.03. The molecule has 1 N–H and O–H groups in total. The van der Waals surface area contributed by atoms with Gasteiger partial charge in [0.05, 0.1) is 11.4 Å². The summed E-state index contributed by atoms with van der Waals surface area (Å²) in [7, 11) is 0. The van der Waals surface area contributed by atoms with E-state index in [1.165, 1.54) is 0 Å². The Bertz CT molecular complexity index is 968. The van der Waals surface area contributed by atoms with Gasteiger partial charge in [-0.15, -0.1) is 0 Å². The van der Waals surface area contributed by atoms with Crippen molar-refractivity contribution in [3.05, 3.63) is 65.1 Å². The van der Waals surface area contributed by atoms with Crippen molar-refractivity contribution >= 4 is 17.2 Å². The fourth-order valence-corrected chi connectivity index (χ4v) is 3.05. The summed E-state index contributed by atoms with van der Waals surface area (Å²) < 4.78 is 1.93. The van der Waals surface area contributed by atoms with Gasteiger partial charge in [-0.3, -0.25) is 4.79 Å². The van der Waals surface area contributed by atoms with Crippen molar-refractivity contribution in [2.75, 3.05) is 5.32 Å². The van der Waals surface area contributed by atoms with Gasteiger partial charge in [0.25, 0.3) is 5.91 Å². The first kappa shape index (κ1) is 19.2. The third-order valence-corrected chi connectivity index (χ3v) is 4.78. The molecule has 0 saturated carbocycles. The number of nitrogens with one attached hydrogen (secondary N) is 1. The predicted octanol–water partition coefficient (Wildman–Crippen LogP) is 5.49. The number of nitrogens with zero attached hydrogens (tertiary/aromatic N) is 2. The Morgan fingerprint density at radius 1 is 1.00 bits per heavy atom. The summed E-state index contributed by atoms with van der Waals surface area (Å²) in [6, 6.07) is 10.0. The molecule has 142 valence electrons. The molecule has 0 atom stereocenters. The molecule has 27 heavy (non-hydrogen) atoms. The third-order valence-electron chi connectivity index (χ3n) is 4.78. The minimum absolute atomic E-state index is 0.0312. The van der Waals surface area contributed by atoms with Gasteiger partial charge in [-0.1, -0.05) is 47.6 Å². The Hall–Kier alpha value is -2.62. The standard InChI is InChI=1S/C23H29N3O/c1-15-14-26-10-8-9-19(20(26)24-15)25-21(27)16-11-17(22(2,3)4)13-18(12-16)23(5,6)7/h8-14H,1-7H3,(H,25,27). The lowest BCUT2D eigenvalue weighted by molar-refractivity contribution is 0.102. The smallest absolute Gasteiger partial charge is 0.255 e. The van der Waals surface area contributed by atoms with Gasteiger partial charge >= 0.3 is 0 Å². The van der Waals surface area contributed by atoms with E-state index in [0.29, 0.717) is 11.3 Å². The second-order valence-electron chi connectivity index (χ2n) is 9.29. The van der Waals surface area contributed by atoms with Crippen LogP contribution in [0.15, 0.2) is 42.7 Å². The molecule has 0 fully saturated rings. The zero-order valence-corrected chi connectivity index (χ0v) is 17.3. The largest absolute Gasteiger partial charge is 0.319 e. The van der Waals surface area contributed by atoms with Crippen molar-refractivity contribution in [2.45, 2.75) is 59.3 Å². The van der Waals surface area contributed by atoms with Gasteiger partial charge < -0.3 is 9.72 Å². The monoisotopic (exact) mass is 363 g/mol. The van der Waals surface area contributed by atoms with Crippen LogP contribution in [0.3, 0.4) is 0 Å². The van der Waals surface area contributed by atoms with Gasteiger partial charge in [0.1, 0.15) is 0 Å². The van der Waals surface area contributed by atoms with Gasteiger partial charge in [0.2, 0.25) is 0 Å². The van der Waals surface area contributed by atoms with Crippen molar-refractivity contribution in [3.8, 4) is 0 Å². The average Bonchev–Trinajstić information content (AvgIpc) is 2.94.